The number of rotatable bonds is 3. The number of aromatic nitrogens is 5. The number of hydrogen-bond acceptors (Lipinski definition) is 8. The minimum Gasteiger partial charge on any atom is -0.381 e. The molecule has 5 heterocycles. The second kappa shape index (κ2) is 8.07. The number of fused-ring (bicyclic) bond motifs is 2. The Morgan fingerprint density at radius 3 is 2.65 bits per heavy atom. The average Bonchev–Trinajstić information content (AvgIpc) is 3.41. The number of nitrogens with one attached hydrogen (secondary N) is 1. The maximum absolute atomic E-state index is 15.1. The molecule has 5 aromatic rings. The summed E-state index contributed by atoms with van der Waals surface area (Å²) >= 11 is 7.83. The first-order valence-corrected chi connectivity index (χ1v) is 12.0. The molecule has 6 rings (SSSR count). The minimum absolute atomic E-state index is 0.197. The zero-order valence-corrected chi connectivity index (χ0v) is 19.8. The van der Waals surface area contributed by atoms with Crippen molar-refractivity contribution < 1.29 is 4.39 Å². The van der Waals surface area contributed by atoms with E-state index in [1.807, 2.05) is 17.9 Å². The highest BCUT2D eigenvalue weighted by molar-refractivity contribution is 7.22. The summed E-state index contributed by atoms with van der Waals surface area (Å²) in [6, 6.07) is 10.6. The molecule has 0 unspecified atom stereocenters. The van der Waals surface area contributed by atoms with E-state index in [-0.39, 0.29) is 16.8 Å². The molecule has 0 amide bonds. The fourth-order valence-electron chi connectivity index (χ4n) is 4.36. The van der Waals surface area contributed by atoms with E-state index in [4.69, 9.17) is 17.3 Å². The molecule has 0 aliphatic carbocycles. The monoisotopic (exact) mass is 494 g/mol. The van der Waals surface area contributed by atoms with Crippen LogP contribution in [0.15, 0.2) is 36.5 Å². The number of anilines is 3. The Morgan fingerprint density at radius 1 is 1.09 bits per heavy atom. The Balaban J connectivity index is 1.31. The Hall–Kier alpha value is -3.50. The average molecular weight is 495 g/mol. The Morgan fingerprint density at radius 2 is 1.85 bits per heavy atom. The van der Waals surface area contributed by atoms with Crippen molar-refractivity contribution in [3.05, 3.63) is 53.2 Å². The maximum Gasteiger partial charge on any atom is 0.207 e. The Labute approximate surface area is 203 Å². The van der Waals surface area contributed by atoms with E-state index in [1.54, 1.807) is 11.3 Å². The molecule has 0 bridgehead atoms. The highest BCUT2D eigenvalue weighted by Crippen LogP contribution is 2.35. The summed E-state index contributed by atoms with van der Waals surface area (Å²) in [5, 5.41) is 2.70. The van der Waals surface area contributed by atoms with Crippen LogP contribution in [0, 0.1) is 12.7 Å². The van der Waals surface area contributed by atoms with E-state index in [1.165, 1.54) is 21.3 Å². The summed E-state index contributed by atoms with van der Waals surface area (Å²) in [7, 11) is 0. The second-order valence-corrected chi connectivity index (χ2v) is 9.63. The molecule has 3 N–H and O–H groups in total. The van der Waals surface area contributed by atoms with Crippen molar-refractivity contribution in [2.75, 3.05) is 41.7 Å². The molecule has 0 radical (unpaired) electrons. The van der Waals surface area contributed by atoms with Gasteiger partial charge in [0.05, 0.1) is 16.8 Å². The van der Waals surface area contributed by atoms with Crippen LogP contribution in [-0.4, -0.2) is 51.1 Å². The number of nitrogens with zero attached hydrogens (tertiary/aromatic N) is 6. The van der Waals surface area contributed by atoms with Gasteiger partial charge in [-0.3, -0.25) is 0 Å². The van der Waals surface area contributed by atoms with Crippen LogP contribution in [0.4, 0.5) is 21.0 Å². The summed E-state index contributed by atoms with van der Waals surface area (Å²) < 4.78 is 16.3. The molecule has 172 valence electrons. The first kappa shape index (κ1) is 21.1. The SMILES string of the molecule is Cc1[nH]c2ncc(Cl)nc2c1-c1nc(N)c(F)c(N2CCN(c3cc4ccccc4s3)CC2)n1. The molecular weight excluding hydrogens is 475 g/mol. The van der Waals surface area contributed by atoms with Gasteiger partial charge in [0.25, 0.3) is 0 Å². The fourth-order valence-corrected chi connectivity index (χ4v) is 5.61. The number of halogens is 2. The molecule has 0 spiro atoms. The standard InChI is InChI=1S/C23H20ClFN8S/c1-12-17(19-22(28-12)27-11-15(24)29-19)21-30-20(26)18(25)23(31-21)33-8-6-32(7-9-33)16-10-13-4-2-3-5-14(13)34-16/h2-5,10-11H,6-9H2,1H3,(H,27,28)(H2,26,30,31). The molecular formula is C23H20ClFN8S. The lowest BCUT2D eigenvalue weighted by Crippen LogP contribution is -2.47. The van der Waals surface area contributed by atoms with Gasteiger partial charge >= 0.3 is 0 Å². The largest absolute Gasteiger partial charge is 0.381 e. The smallest absolute Gasteiger partial charge is 0.207 e. The van der Waals surface area contributed by atoms with Gasteiger partial charge in [0.2, 0.25) is 5.82 Å². The van der Waals surface area contributed by atoms with Gasteiger partial charge in [0.15, 0.2) is 23.1 Å². The number of hydrogen-bond donors (Lipinski definition) is 2. The molecule has 34 heavy (non-hydrogen) atoms. The van der Waals surface area contributed by atoms with Crippen molar-refractivity contribution >= 4 is 60.8 Å². The van der Waals surface area contributed by atoms with Crippen molar-refractivity contribution in [2.24, 2.45) is 0 Å². The summed E-state index contributed by atoms with van der Waals surface area (Å²) in [4.78, 5) is 24.8. The topological polar surface area (TPSA) is 99.8 Å². The van der Waals surface area contributed by atoms with Gasteiger partial charge in [-0.25, -0.2) is 19.9 Å². The van der Waals surface area contributed by atoms with Crippen LogP contribution in [0.25, 0.3) is 32.6 Å². The van der Waals surface area contributed by atoms with Crippen molar-refractivity contribution in [2.45, 2.75) is 6.92 Å². The molecule has 1 saturated heterocycles. The summed E-state index contributed by atoms with van der Waals surface area (Å²) in [6.07, 6.45) is 1.46. The van der Waals surface area contributed by atoms with Crippen LogP contribution in [0.2, 0.25) is 5.15 Å². The van der Waals surface area contributed by atoms with Crippen LogP contribution in [0.1, 0.15) is 5.69 Å². The number of aromatic amines is 1. The third kappa shape index (κ3) is 3.50. The third-order valence-electron chi connectivity index (χ3n) is 6.05. The van der Waals surface area contributed by atoms with Crippen molar-refractivity contribution in [1.29, 1.82) is 0 Å². The van der Waals surface area contributed by atoms with Crippen LogP contribution in [0.5, 0.6) is 0 Å². The van der Waals surface area contributed by atoms with Crippen LogP contribution in [-0.2, 0) is 0 Å². The van der Waals surface area contributed by atoms with E-state index >= 15 is 4.39 Å². The number of nitrogens with two attached hydrogens (primary N) is 1. The first-order chi connectivity index (χ1) is 16.5. The van der Waals surface area contributed by atoms with Gasteiger partial charge in [0.1, 0.15) is 10.7 Å². The number of thiophene rings is 1. The molecule has 11 heteroatoms. The minimum atomic E-state index is -0.610. The van der Waals surface area contributed by atoms with E-state index in [2.05, 4.69) is 54.1 Å². The summed E-state index contributed by atoms with van der Waals surface area (Å²) in [5.41, 5.74) is 8.43. The van der Waals surface area contributed by atoms with Gasteiger partial charge < -0.3 is 20.5 Å². The maximum atomic E-state index is 15.1. The number of nitrogen functional groups attached to an aromatic ring is 1. The lowest BCUT2D eigenvalue weighted by atomic mass is 10.2. The van der Waals surface area contributed by atoms with Gasteiger partial charge in [-0.15, -0.1) is 11.3 Å². The summed E-state index contributed by atoms with van der Waals surface area (Å²) in [5.74, 6) is -0.320. The molecule has 0 saturated carbocycles. The third-order valence-corrected chi connectivity index (χ3v) is 7.41. The van der Waals surface area contributed by atoms with E-state index in [0.29, 0.717) is 35.6 Å². The lowest BCUT2D eigenvalue weighted by Gasteiger charge is -2.36. The zero-order chi connectivity index (χ0) is 23.4. The molecule has 0 atom stereocenters. The Kier molecular flexibility index (Phi) is 5.00. The summed E-state index contributed by atoms with van der Waals surface area (Å²) in [6.45, 7) is 4.58. The fraction of sp³-hybridized carbons (Fsp3) is 0.217. The number of piperazine rings is 1. The Bertz CT molecular complexity index is 1510. The lowest BCUT2D eigenvalue weighted by molar-refractivity contribution is 0.588. The van der Waals surface area contributed by atoms with Gasteiger partial charge in [0, 0.05) is 36.6 Å². The zero-order valence-electron chi connectivity index (χ0n) is 18.2. The quantitative estimate of drug-likeness (QED) is 0.377. The molecule has 8 nitrogen and oxygen atoms in total. The first-order valence-electron chi connectivity index (χ1n) is 10.8. The van der Waals surface area contributed by atoms with Gasteiger partial charge in [-0.05, 0) is 24.4 Å². The molecule has 1 aliphatic rings. The van der Waals surface area contributed by atoms with Gasteiger partial charge in [-0.1, -0.05) is 29.8 Å². The molecule has 1 aliphatic heterocycles. The molecule has 1 aromatic carbocycles. The second-order valence-electron chi connectivity index (χ2n) is 8.18. The van der Waals surface area contributed by atoms with Gasteiger partial charge in [-0.2, -0.15) is 4.39 Å². The van der Waals surface area contributed by atoms with Crippen LogP contribution in [0.3, 0.4) is 0 Å². The van der Waals surface area contributed by atoms with Crippen LogP contribution < -0.4 is 15.5 Å². The molecule has 1 fully saturated rings. The van der Waals surface area contributed by atoms with Crippen LogP contribution >= 0.6 is 22.9 Å². The predicted molar refractivity (Wildman–Crippen MR) is 135 cm³/mol. The molecule has 4 aromatic heterocycles. The number of benzene rings is 1. The normalized spacial score (nSPS) is 14.4. The number of aryl methyl sites for hydroxylation is 1. The van der Waals surface area contributed by atoms with E-state index in [9.17, 15) is 0 Å². The highest BCUT2D eigenvalue weighted by Gasteiger charge is 2.26. The number of H-pyrrole nitrogens is 1. The van der Waals surface area contributed by atoms with E-state index < -0.39 is 5.82 Å². The predicted octanol–water partition coefficient (Wildman–Crippen LogP) is 4.64. The highest BCUT2D eigenvalue weighted by atomic mass is 35.5. The van der Waals surface area contributed by atoms with Crippen molar-refractivity contribution in [3.8, 4) is 11.4 Å². The van der Waals surface area contributed by atoms with E-state index in [0.717, 1.165) is 18.8 Å². The van der Waals surface area contributed by atoms with Crippen molar-refractivity contribution in [1.82, 2.24) is 24.9 Å². The van der Waals surface area contributed by atoms with Crippen molar-refractivity contribution in [3.63, 3.8) is 0 Å².